The van der Waals surface area contributed by atoms with Crippen molar-refractivity contribution in [1.82, 2.24) is 4.90 Å². The van der Waals surface area contributed by atoms with Gasteiger partial charge < -0.3 is 9.32 Å². The lowest BCUT2D eigenvalue weighted by Gasteiger charge is -2.31. The molecule has 1 aliphatic rings. The monoisotopic (exact) mass is 329 g/mol. The van der Waals surface area contributed by atoms with E-state index >= 15 is 0 Å². The molecule has 1 saturated carbocycles. The Morgan fingerprint density at radius 3 is 2.67 bits per heavy atom. The molecule has 4 heteroatoms. The van der Waals surface area contributed by atoms with E-state index in [1.807, 2.05) is 18.0 Å². The van der Waals surface area contributed by atoms with Crippen LogP contribution in [0.25, 0.3) is 11.3 Å². The number of hydrogen-bond donors (Lipinski definition) is 0. The Morgan fingerprint density at radius 1 is 1.17 bits per heavy atom. The van der Waals surface area contributed by atoms with Crippen molar-refractivity contribution in [3.63, 3.8) is 0 Å². The van der Waals surface area contributed by atoms with Crippen LogP contribution in [0.15, 0.2) is 40.8 Å². The Labute approximate surface area is 142 Å². The summed E-state index contributed by atoms with van der Waals surface area (Å²) in [6, 6.07) is 10.5. The smallest absolute Gasteiger partial charge is 0.223 e. The number of carbonyl (C=O) groups excluding carboxylic acids is 1. The normalized spacial score (nSPS) is 15.4. The van der Waals surface area contributed by atoms with Crippen molar-refractivity contribution in [1.29, 1.82) is 0 Å². The van der Waals surface area contributed by atoms with Crippen LogP contribution in [0.2, 0.25) is 0 Å². The van der Waals surface area contributed by atoms with Crippen LogP contribution in [-0.4, -0.2) is 23.9 Å². The van der Waals surface area contributed by atoms with Gasteiger partial charge in [-0.2, -0.15) is 0 Å². The van der Waals surface area contributed by atoms with Crippen LogP contribution in [0.3, 0.4) is 0 Å². The molecule has 128 valence electrons. The second-order valence-electron chi connectivity index (χ2n) is 6.54. The van der Waals surface area contributed by atoms with Gasteiger partial charge in [0.1, 0.15) is 17.3 Å². The van der Waals surface area contributed by atoms with Gasteiger partial charge in [-0.25, -0.2) is 4.39 Å². The second kappa shape index (κ2) is 7.65. The van der Waals surface area contributed by atoms with E-state index in [9.17, 15) is 9.18 Å². The maximum absolute atomic E-state index is 13.8. The number of rotatable bonds is 5. The second-order valence-corrected chi connectivity index (χ2v) is 6.54. The molecular weight excluding hydrogens is 305 g/mol. The molecule has 1 aromatic carbocycles. The minimum absolute atomic E-state index is 0.158. The zero-order valence-corrected chi connectivity index (χ0v) is 14.1. The van der Waals surface area contributed by atoms with E-state index in [4.69, 9.17) is 4.42 Å². The Hall–Kier alpha value is -2.10. The molecule has 0 aliphatic heterocycles. The molecule has 24 heavy (non-hydrogen) atoms. The first-order chi connectivity index (χ1) is 11.6. The predicted molar refractivity (Wildman–Crippen MR) is 92.1 cm³/mol. The summed E-state index contributed by atoms with van der Waals surface area (Å²) in [5, 5.41) is 0. The highest BCUT2D eigenvalue weighted by molar-refractivity contribution is 5.76. The minimum atomic E-state index is -0.300. The van der Waals surface area contributed by atoms with Crippen LogP contribution < -0.4 is 0 Å². The van der Waals surface area contributed by atoms with Gasteiger partial charge in [0.25, 0.3) is 0 Å². The number of aryl methyl sites for hydroxylation is 1. The quantitative estimate of drug-likeness (QED) is 0.789. The highest BCUT2D eigenvalue weighted by atomic mass is 19.1. The Balaban J connectivity index is 1.57. The molecule has 1 amide bonds. The lowest BCUT2D eigenvalue weighted by Crippen LogP contribution is -2.38. The van der Waals surface area contributed by atoms with E-state index in [1.54, 1.807) is 24.3 Å². The van der Waals surface area contributed by atoms with E-state index in [0.29, 0.717) is 30.2 Å². The zero-order valence-electron chi connectivity index (χ0n) is 14.1. The minimum Gasteiger partial charge on any atom is -0.461 e. The van der Waals surface area contributed by atoms with Gasteiger partial charge in [-0.05, 0) is 37.1 Å². The van der Waals surface area contributed by atoms with Crippen molar-refractivity contribution in [3.8, 4) is 11.3 Å². The molecule has 1 aliphatic carbocycles. The number of hydrogen-bond acceptors (Lipinski definition) is 2. The summed E-state index contributed by atoms with van der Waals surface area (Å²) in [7, 11) is 1.91. The van der Waals surface area contributed by atoms with Crippen molar-refractivity contribution < 1.29 is 13.6 Å². The summed E-state index contributed by atoms with van der Waals surface area (Å²) in [5.74, 6) is 1.09. The first-order valence-corrected chi connectivity index (χ1v) is 8.74. The first kappa shape index (κ1) is 16.7. The number of benzene rings is 1. The number of halogens is 1. The molecule has 1 fully saturated rings. The maximum Gasteiger partial charge on any atom is 0.223 e. The topological polar surface area (TPSA) is 33.5 Å². The van der Waals surface area contributed by atoms with E-state index in [-0.39, 0.29) is 11.7 Å². The van der Waals surface area contributed by atoms with Gasteiger partial charge in [0, 0.05) is 25.9 Å². The average Bonchev–Trinajstić information content (AvgIpc) is 3.09. The number of furan rings is 1. The third kappa shape index (κ3) is 3.86. The third-order valence-corrected chi connectivity index (χ3v) is 4.90. The Morgan fingerprint density at radius 2 is 1.92 bits per heavy atom. The van der Waals surface area contributed by atoms with Crippen LogP contribution in [0.4, 0.5) is 4.39 Å². The molecule has 1 aromatic heterocycles. The molecule has 0 unspecified atom stereocenters. The van der Waals surface area contributed by atoms with Gasteiger partial charge in [-0.15, -0.1) is 0 Å². The van der Waals surface area contributed by atoms with Crippen molar-refractivity contribution in [2.45, 2.75) is 51.0 Å². The molecule has 0 N–H and O–H groups in total. The van der Waals surface area contributed by atoms with Crippen LogP contribution in [-0.2, 0) is 11.2 Å². The van der Waals surface area contributed by atoms with Crippen LogP contribution >= 0.6 is 0 Å². The summed E-state index contributed by atoms with van der Waals surface area (Å²) in [4.78, 5) is 14.3. The Bertz CT molecular complexity index is 688. The van der Waals surface area contributed by atoms with Gasteiger partial charge in [0.2, 0.25) is 5.91 Å². The SMILES string of the molecule is CN(C(=O)CCc1ccc(-c2ccccc2F)o1)C1CCCCC1. The van der Waals surface area contributed by atoms with Gasteiger partial charge in [-0.3, -0.25) is 4.79 Å². The number of amides is 1. The molecule has 0 saturated heterocycles. The lowest BCUT2D eigenvalue weighted by atomic mass is 9.94. The first-order valence-electron chi connectivity index (χ1n) is 8.74. The summed E-state index contributed by atoms with van der Waals surface area (Å²) in [6.07, 6.45) is 6.91. The highest BCUT2D eigenvalue weighted by Gasteiger charge is 2.22. The molecular formula is C20H24FNO2. The van der Waals surface area contributed by atoms with Crippen LogP contribution in [0.1, 0.15) is 44.3 Å². The molecule has 0 spiro atoms. The van der Waals surface area contributed by atoms with E-state index in [1.165, 1.54) is 25.3 Å². The van der Waals surface area contributed by atoms with E-state index in [0.717, 1.165) is 18.6 Å². The lowest BCUT2D eigenvalue weighted by molar-refractivity contribution is -0.132. The Kier molecular flexibility index (Phi) is 5.34. The van der Waals surface area contributed by atoms with E-state index < -0.39 is 0 Å². The van der Waals surface area contributed by atoms with Crippen molar-refractivity contribution in [2.24, 2.45) is 0 Å². The van der Waals surface area contributed by atoms with Crippen LogP contribution in [0.5, 0.6) is 0 Å². The molecule has 0 atom stereocenters. The summed E-state index contributed by atoms with van der Waals surface area (Å²) in [5.41, 5.74) is 0.453. The average molecular weight is 329 g/mol. The third-order valence-electron chi connectivity index (χ3n) is 4.90. The fraction of sp³-hybridized carbons (Fsp3) is 0.450. The summed E-state index contributed by atoms with van der Waals surface area (Å²) in [6.45, 7) is 0. The number of nitrogens with zero attached hydrogens (tertiary/aromatic N) is 1. The van der Waals surface area contributed by atoms with Crippen LogP contribution in [0, 0.1) is 5.82 Å². The van der Waals surface area contributed by atoms with E-state index in [2.05, 4.69) is 0 Å². The fourth-order valence-electron chi connectivity index (χ4n) is 3.40. The van der Waals surface area contributed by atoms with Gasteiger partial charge in [0.05, 0.1) is 5.56 Å². The fourth-order valence-corrected chi connectivity index (χ4v) is 3.40. The largest absolute Gasteiger partial charge is 0.461 e. The summed E-state index contributed by atoms with van der Waals surface area (Å²) < 4.78 is 19.5. The molecule has 2 aromatic rings. The molecule has 3 nitrogen and oxygen atoms in total. The van der Waals surface area contributed by atoms with Gasteiger partial charge in [-0.1, -0.05) is 31.4 Å². The van der Waals surface area contributed by atoms with Crippen molar-refractivity contribution in [2.75, 3.05) is 7.05 Å². The number of carbonyl (C=O) groups is 1. The maximum atomic E-state index is 13.8. The molecule has 1 heterocycles. The zero-order chi connectivity index (χ0) is 16.9. The highest BCUT2D eigenvalue weighted by Crippen LogP contribution is 2.26. The molecule has 0 radical (unpaired) electrons. The van der Waals surface area contributed by atoms with Crippen molar-refractivity contribution in [3.05, 3.63) is 48.0 Å². The van der Waals surface area contributed by atoms with Gasteiger partial charge >= 0.3 is 0 Å². The molecule has 3 rings (SSSR count). The molecule has 0 bridgehead atoms. The van der Waals surface area contributed by atoms with Crippen molar-refractivity contribution >= 4 is 5.91 Å². The standard InChI is InChI=1S/C20H24FNO2/c1-22(15-7-3-2-4-8-15)20(23)14-12-16-11-13-19(24-16)17-9-5-6-10-18(17)21/h5-6,9-11,13,15H,2-4,7-8,12,14H2,1H3. The summed E-state index contributed by atoms with van der Waals surface area (Å²) >= 11 is 0. The predicted octanol–water partition coefficient (Wildman–Crippen LogP) is 4.81. The van der Waals surface area contributed by atoms with Gasteiger partial charge in [0.15, 0.2) is 0 Å².